The lowest BCUT2D eigenvalue weighted by molar-refractivity contribution is -0.297. The molecule has 0 atom stereocenters. The van der Waals surface area contributed by atoms with Crippen molar-refractivity contribution in [2.45, 2.75) is 40.0 Å². The molecule has 0 aromatic carbocycles. The van der Waals surface area contributed by atoms with Crippen LogP contribution < -0.4 is 11.3 Å². The van der Waals surface area contributed by atoms with Gasteiger partial charge < -0.3 is 16.1 Å². The molecule has 0 aromatic rings. The summed E-state index contributed by atoms with van der Waals surface area (Å²) in [7, 11) is 0. The zero-order chi connectivity index (χ0) is 11.0. The molecule has 0 saturated carbocycles. The van der Waals surface area contributed by atoms with Crippen molar-refractivity contribution in [3.8, 4) is 0 Å². The van der Waals surface area contributed by atoms with Crippen LogP contribution in [0.3, 0.4) is 0 Å². The number of rotatable bonds is 6. The molecule has 0 saturated heterocycles. The molecular formula is C12H23NO2. The Labute approximate surface area is 92.5 Å². The van der Waals surface area contributed by atoms with E-state index in [1.807, 2.05) is 0 Å². The van der Waals surface area contributed by atoms with Crippen LogP contribution in [0.1, 0.15) is 40.0 Å². The molecule has 0 heterocycles. The summed E-state index contributed by atoms with van der Waals surface area (Å²) >= 11 is 0. The first kappa shape index (κ1) is 16.3. The standard InChI is InChI=1S/C12H20O2.H3N/c1-4-12(5-2,6-3)10-8-7-9-11(13)14;/h7-10H,4-6H2,1-3H3,(H,13,14);1H3/b9-7+,10-8+;. The molecule has 0 amide bonds. The Morgan fingerprint density at radius 1 is 1.13 bits per heavy atom. The van der Waals surface area contributed by atoms with Crippen LogP contribution in [0.25, 0.3) is 0 Å². The highest BCUT2D eigenvalue weighted by atomic mass is 16.4. The van der Waals surface area contributed by atoms with E-state index in [4.69, 9.17) is 0 Å². The summed E-state index contributed by atoms with van der Waals surface area (Å²) in [6.45, 7) is 6.46. The second-order valence-corrected chi connectivity index (χ2v) is 3.46. The van der Waals surface area contributed by atoms with E-state index in [1.54, 1.807) is 6.08 Å². The molecule has 0 fully saturated rings. The largest absolute Gasteiger partial charge is 0.545 e. The molecule has 0 aromatic heterocycles. The Morgan fingerprint density at radius 2 is 1.60 bits per heavy atom. The van der Waals surface area contributed by atoms with Crippen molar-refractivity contribution >= 4 is 5.97 Å². The van der Waals surface area contributed by atoms with Crippen LogP contribution in [-0.4, -0.2) is 5.97 Å². The Balaban J connectivity index is 0. The van der Waals surface area contributed by atoms with Gasteiger partial charge in [-0.15, -0.1) is 0 Å². The molecule has 88 valence electrons. The van der Waals surface area contributed by atoms with Crippen LogP contribution in [0.2, 0.25) is 0 Å². The predicted octanol–water partition coefficient (Wildman–Crippen LogP) is 2.44. The van der Waals surface area contributed by atoms with E-state index in [-0.39, 0.29) is 11.6 Å². The zero-order valence-electron chi connectivity index (χ0n) is 10.2. The maximum atomic E-state index is 10.1. The number of carboxylic acid groups (broad SMARTS) is 1. The number of carboxylic acids is 1. The first-order chi connectivity index (χ1) is 6.60. The molecule has 3 nitrogen and oxygen atoms in total. The number of carbonyl (C=O) groups is 1. The smallest absolute Gasteiger partial charge is 0.0642 e. The molecular weight excluding hydrogens is 190 g/mol. The van der Waals surface area contributed by atoms with E-state index in [0.717, 1.165) is 25.3 Å². The van der Waals surface area contributed by atoms with Crippen molar-refractivity contribution < 1.29 is 9.90 Å². The van der Waals surface area contributed by atoms with Gasteiger partial charge in [0.15, 0.2) is 0 Å². The Hall–Kier alpha value is -1.09. The van der Waals surface area contributed by atoms with Gasteiger partial charge in [0.2, 0.25) is 0 Å². The van der Waals surface area contributed by atoms with Crippen molar-refractivity contribution in [3.63, 3.8) is 0 Å². The van der Waals surface area contributed by atoms with Gasteiger partial charge in [0.05, 0.1) is 5.97 Å². The SMILES string of the molecule is CCC(/C=C/C=C/C(=O)[O-])(CC)CC.[NH4+]. The fourth-order valence-corrected chi connectivity index (χ4v) is 1.50. The average molecular weight is 213 g/mol. The lowest BCUT2D eigenvalue weighted by atomic mass is 9.79. The third-order valence-corrected chi connectivity index (χ3v) is 2.91. The minimum atomic E-state index is -1.15. The van der Waals surface area contributed by atoms with Gasteiger partial charge in [0.1, 0.15) is 0 Å². The van der Waals surface area contributed by atoms with Crippen LogP contribution in [0.4, 0.5) is 0 Å². The maximum Gasteiger partial charge on any atom is 0.0642 e. The topological polar surface area (TPSA) is 76.6 Å². The first-order valence-electron chi connectivity index (χ1n) is 5.17. The Kier molecular flexibility index (Phi) is 8.98. The van der Waals surface area contributed by atoms with Crippen LogP contribution in [0.5, 0.6) is 0 Å². The summed E-state index contributed by atoms with van der Waals surface area (Å²) in [5, 5.41) is 10.1. The minimum Gasteiger partial charge on any atom is -0.545 e. The molecule has 0 bridgehead atoms. The van der Waals surface area contributed by atoms with Crippen LogP contribution in [-0.2, 0) is 4.79 Å². The van der Waals surface area contributed by atoms with E-state index in [0.29, 0.717) is 0 Å². The van der Waals surface area contributed by atoms with Gasteiger partial charge >= 0.3 is 0 Å². The van der Waals surface area contributed by atoms with Crippen molar-refractivity contribution in [1.29, 1.82) is 0 Å². The van der Waals surface area contributed by atoms with Gasteiger partial charge in [0.25, 0.3) is 0 Å². The van der Waals surface area contributed by atoms with Crippen LogP contribution in [0.15, 0.2) is 24.3 Å². The molecule has 0 aliphatic carbocycles. The highest BCUT2D eigenvalue weighted by Gasteiger charge is 2.18. The first-order valence-corrected chi connectivity index (χ1v) is 5.17. The Morgan fingerprint density at radius 3 is 1.93 bits per heavy atom. The molecule has 0 spiro atoms. The lowest BCUT2D eigenvalue weighted by Gasteiger charge is -2.26. The maximum absolute atomic E-state index is 10.1. The monoisotopic (exact) mass is 213 g/mol. The summed E-state index contributed by atoms with van der Waals surface area (Å²) in [5.74, 6) is -1.15. The van der Waals surface area contributed by atoms with Gasteiger partial charge in [-0.25, -0.2) is 0 Å². The van der Waals surface area contributed by atoms with Gasteiger partial charge in [-0.1, -0.05) is 39.0 Å². The highest BCUT2D eigenvalue weighted by molar-refractivity contribution is 5.77. The van der Waals surface area contributed by atoms with E-state index in [9.17, 15) is 9.90 Å². The fraction of sp³-hybridized carbons (Fsp3) is 0.583. The van der Waals surface area contributed by atoms with Crippen LogP contribution >= 0.6 is 0 Å². The van der Waals surface area contributed by atoms with Gasteiger partial charge in [-0.3, -0.25) is 0 Å². The third kappa shape index (κ3) is 6.07. The summed E-state index contributed by atoms with van der Waals surface area (Å²) in [6.07, 6.45) is 9.69. The van der Waals surface area contributed by atoms with Crippen molar-refractivity contribution in [2.75, 3.05) is 0 Å². The van der Waals surface area contributed by atoms with Gasteiger partial charge in [-0.2, -0.15) is 0 Å². The normalized spacial score (nSPS) is 11.9. The molecule has 0 aliphatic heterocycles. The molecule has 4 N–H and O–H groups in total. The number of hydrogen-bond acceptors (Lipinski definition) is 2. The van der Waals surface area contributed by atoms with Crippen LogP contribution in [0, 0.1) is 5.41 Å². The van der Waals surface area contributed by atoms with E-state index in [2.05, 4.69) is 26.8 Å². The van der Waals surface area contributed by atoms with Crippen molar-refractivity contribution in [2.24, 2.45) is 5.41 Å². The molecule has 0 radical (unpaired) electrons. The molecule has 0 aliphatic rings. The fourth-order valence-electron chi connectivity index (χ4n) is 1.50. The second kappa shape index (κ2) is 8.24. The summed E-state index contributed by atoms with van der Waals surface area (Å²) in [4.78, 5) is 10.1. The quantitative estimate of drug-likeness (QED) is 0.543. The summed E-state index contributed by atoms with van der Waals surface area (Å²) in [6, 6.07) is 0. The molecule has 0 unspecified atom stereocenters. The lowest BCUT2D eigenvalue weighted by Crippen LogP contribution is -2.18. The average Bonchev–Trinajstić information content (AvgIpc) is 2.19. The highest BCUT2D eigenvalue weighted by Crippen LogP contribution is 2.31. The number of aliphatic carboxylic acids is 1. The third-order valence-electron chi connectivity index (χ3n) is 2.91. The van der Waals surface area contributed by atoms with E-state index < -0.39 is 5.97 Å². The number of quaternary nitrogens is 1. The minimum absolute atomic E-state index is 0. The molecule has 3 heteroatoms. The molecule has 15 heavy (non-hydrogen) atoms. The van der Waals surface area contributed by atoms with Gasteiger partial charge in [-0.05, 0) is 30.8 Å². The Bertz CT molecular complexity index is 220. The number of carbonyl (C=O) groups excluding carboxylic acids is 1. The van der Waals surface area contributed by atoms with E-state index in [1.165, 1.54) is 6.08 Å². The molecule has 0 rings (SSSR count). The predicted molar refractivity (Wildman–Crippen MR) is 62.6 cm³/mol. The summed E-state index contributed by atoms with van der Waals surface area (Å²) < 4.78 is 0. The number of hydrogen-bond donors (Lipinski definition) is 1. The van der Waals surface area contributed by atoms with Gasteiger partial charge in [0, 0.05) is 0 Å². The number of allylic oxidation sites excluding steroid dienone is 3. The van der Waals surface area contributed by atoms with Crippen molar-refractivity contribution in [1.82, 2.24) is 6.15 Å². The van der Waals surface area contributed by atoms with E-state index >= 15 is 0 Å². The zero-order valence-corrected chi connectivity index (χ0v) is 10.2. The van der Waals surface area contributed by atoms with Crippen molar-refractivity contribution in [3.05, 3.63) is 24.3 Å². The summed E-state index contributed by atoms with van der Waals surface area (Å²) in [5.41, 5.74) is 0.219. The second-order valence-electron chi connectivity index (χ2n) is 3.46.